The molecule has 0 saturated carbocycles. The summed E-state index contributed by atoms with van der Waals surface area (Å²) in [6.45, 7) is 3.60. The summed E-state index contributed by atoms with van der Waals surface area (Å²) in [5.41, 5.74) is -3.70. The molecule has 0 unspecified atom stereocenters. The number of aryl methyl sites for hydroxylation is 1. The van der Waals surface area contributed by atoms with E-state index in [1.807, 2.05) is 0 Å². The molecule has 21 heavy (non-hydrogen) atoms. The molecule has 0 saturated heterocycles. The normalized spacial score (nSPS) is 11.0. The van der Waals surface area contributed by atoms with Gasteiger partial charge in [0.05, 0.1) is 18.6 Å². The first-order chi connectivity index (χ1) is 9.80. The van der Waals surface area contributed by atoms with Crippen LogP contribution in [-0.2, 0) is 22.4 Å². The first-order valence-electron chi connectivity index (χ1n) is 6.28. The SMILES string of the molecule is CCOC(=O)Cc1cc(CC)cc(SC(F)(F)F)c1C#N. The van der Waals surface area contributed by atoms with Gasteiger partial charge in [-0.05, 0) is 42.3 Å². The van der Waals surface area contributed by atoms with Crippen LogP contribution in [-0.4, -0.2) is 18.1 Å². The van der Waals surface area contributed by atoms with Crippen LogP contribution in [0.15, 0.2) is 17.0 Å². The molecule has 3 nitrogen and oxygen atoms in total. The van der Waals surface area contributed by atoms with E-state index < -0.39 is 11.5 Å². The fourth-order valence-electron chi connectivity index (χ4n) is 1.78. The second-order valence-corrected chi connectivity index (χ2v) is 5.23. The molecule has 0 fully saturated rings. The number of hydrogen-bond acceptors (Lipinski definition) is 4. The molecule has 0 radical (unpaired) electrons. The van der Waals surface area contributed by atoms with Gasteiger partial charge in [-0.3, -0.25) is 4.79 Å². The maximum absolute atomic E-state index is 12.6. The summed E-state index contributed by atoms with van der Waals surface area (Å²) in [7, 11) is 0. The number of benzene rings is 1. The van der Waals surface area contributed by atoms with Crippen LogP contribution in [0.5, 0.6) is 0 Å². The van der Waals surface area contributed by atoms with Crippen molar-refractivity contribution < 1.29 is 22.7 Å². The number of halogens is 3. The Hall–Kier alpha value is -1.68. The van der Waals surface area contributed by atoms with Gasteiger partial charge in [0, 0.05) is 4.90 Å². The summed E-state index contributed by atoms with van der Waals surface area (Å²) in [5, 5.41) is 9.12. The Morgan fingerprint density at radius 2 is 2.05 bits per heavy atom. The zero-order valence-electron chi connectivity index (χ0n) is 11.6. The number of carbonyl (C=O) groups excluding carboxylic acids is 1. The van der Waals surface area contributed by atoms with Crippen LogP contribution in [0.1, 0.15) is 30.5 Å². The average molecular weight is 317 g/mol. The van der Waals surface area contributed by atoms with E-state index >= 15 is 0 Å². The lowest BCUT2D eigenvalue weighted by molar-refractivity contribution is -0.142. The second-order valence-electron chi connectivity index (χ2n) is 4.12. The number of hydrogen-bond donors (Lipinski definition) is 0. The molecule has 0 aliphatic heterocycles. The Bertz CT molecular complexity index is 565. The fourth-order valence-corrected chi connectivity index (χ4v) is 2.52. The standard InChI is InChI=1S/C14H14F3NO2S/c1-3-9-5-10(7-13(19)20-4-2)11(8-18)12(6-9)21-14(15,16)17/h5-6H,3-4,7H2,1-2H3. The predicted octanol–water partition coefficient (Wildman–Crippen LogP) is 3.84. The number of ether oxygens (including phenoxy) is 1. The Morgan fingerprint density at radius 1 is 1.38 bits per heavy atom. The van der Waals surface area contributed by atoms with E-state index in [1.165, 1.54) is 6.07 Å². The Balaban J connectivity index is 3.25. The van der Waals surface area contributed by atoms with Gasteiger partial charge in [-0.1, -0.05) is 13.0 Å². The Labute approximate surface area is 125 Å². The molecule has 0 aliphatic carbocycles. The second kappa shape index (κ2) is 7.36. The highest BCUT2D eigenvalue weighted by atomic mass is 32.2. The van der Waals surface area contributed by atoms with Gasteiger partial charge in [-0.25, -0.2) is 0 Å². The highest BCUT2D eigenvalue weighted by molar-refractivity contribution is 8.00. The molecule has 0 atom stereocenters. The summed E-state index contributed by atoms with van der Waals surface area (Å²) in [4.78, 5) is 11.3. The lowest BCUT2D eigenvalue weighted by atomic mass is 10.0. The largest absolute Gasteiger partial charge is 0.466 e. The highest BCUT2D eigenvalue weighted by Crippen LogP contribution is 2.40. The molecule has 1 rings (SSSR count). The first-order valence-corrected chi connectivity index (χ1v) is 7.09. The molecule has 1 aromatic rings. The molecule has 0 aromatic heterocycles. The summed E-state index contributed by atoms with van der Waals surface area (Å²) in [5.74, 6) is -0.565. The number of esters is 1. The summed E-state index contributed by atoms with van der Waals surface area (Å²) >= 11 is -0.339. The molecule has 0 spiro atoms. The quantitative estimate of drug-likeness (QED) is 0.611. The first kappa shape index (κ1) is 17.4. The molecule has 0 amide bonds. The lowest BCUT2D eigenvalue weighted by Gasteiger charge is -2.13. The third kappa shape index (κ3) is 5.31. The van der Waals surface area contributed by atoms with Crippen molar-refractivity contribution in [1.29, 1.82) is 5.26 Å². The fraction of sp³-hybridized carbons (Fsp3) is 0.429. The minimum absolute atomic E-state index is 0.123. The Kier molecular flexibility index (Phi) is 6.09. The van der Waals surface area contributed by atoms with E-state index in [-0.39, 0.29) is 40.8 Å². The third-order valence-electron chi connectivity index (χ3n) is 2.63. The van der Waals surface area contributed by atoms with Gasteiger partial charge in [0.25, 0.3) is 0 Å². The van der Waals surface area contributed by atoms with Gasteiger partial charge in [0.1, 0.15) is 6.07 Å². The van der Waals surface area contributed by atoms with E-state index in [4.69, 9.17) is 10.00 Å². The average Bonchev–Trinajstić information content (AvgIpc) is 2.36. The summed E-state index contributed by atoms with van der Waals surface area (Å²) in [6.07, 6.45) is 0.295. The van der Waals surface area contributed by atoms with Crippen LogP contribution >= 0.6 is 11.8 Å². The van der Waals surface area contributed by atoms with Crippen molar-refractivity contribution in [3.05, 3.63) is 28.8 Å². The number of nitrogens with zero attached hydrogens (tertiary/aromatic N) is 1. The van der Waals surface area contributed by atoms with Crippen LogP contribution < -0.4 is 0 Å². The van der Waals surface area contributed by atoms with Crippen LogP contribution in [0.3, 0.4) is 0 Å². The van der Waals surface area contributed by atoms with Crippen molar-refractivity contribution in [3.63, 3.8) is 0 Å². The van der Waals surface area contributed by atoms with Crippen LogP contribution in [0.2, 0.25) is 0 Å². The van der Waals surface area contributed by atoms with Crippen molar-refractivity contribution >= 4 is 17.7 Å². The van der Waals surface area contributed by atoms with Crippen LogP contribution in [0.4, 0.5) is 13.2 Å². The highest BCUT2D eigenvalue weighted by Gasteiger charge is 2.31. The molecular weight excluding hydrogens is 303 g/mol. The zero-order chi connectivity index (χ0) is 16.0. The maximum atomic E-state index is 12.6. The number of carbonyl (C=O) groups is 1. The molecule has 0 heterocycles. The van der Waals surface area contributed by atoms with Gasteiger partial charge in [-0.2, -0.15) is 18.4 Å². The van der Waals surface area contributed by atoms with E-state index in [2.05, 4.69) is 0 Å². The summed E-state index contributed by atoms with van der Waals surface area (Å²) < 4.78 is 42.5. The van der Waals surface area contributed by atoms with Gasteiger partial charge in [-0.15, -0.1) is 0 Å². The topological polar surface area (TPSA) is 50.1 Å². The number of alkyl halides is 3. The lowest BCUT2D eigenvalue weighted by Crippen LogP contribution is -2.10. The van der Waals surface area contributed by atoms with E-state index in [1.54, 1.807) is 26.0 Å². The number of thioether (sulfide) groups is 1. The van der Waals surface area contributed by atoms with Crippen molar-refractivity contribution in [2.24, 2.45) is 0 Å². The third-order valence-corrected chi connectivity index (χ3v) is 3.40. The number of nitriles is 1. The number of rotatable bonds is 5. The molecule has 7 heteroatoms. The maximum Gasteiger partial charge on any atom is 0.446 e. The summed E-state index contributed by atoms with van der Waals surface area (Å²) in [6, 6.07) is 4.67. The van der Waals surface area contributed by atoms with Crippen LogP contribution in [0, 0.1) is 11.3 Å². The van der Waals surface area contributed by atoms with E-state index in [9.17, 15) is 18.0 Å². The van der Waals surface area contributed by atoms with Crippen molar-refractivity contribution in [3.8, 4) is 6.07 Å². The van der Waals surface area contributed by atoms with Crippen molar-refractivity contribution in [2.75, 3.05) is 6.61 Å². The van der Waals surface area contributed by atoms with E-state index in [0.29, 0.717) is 12.0 Å². The van der Waals surface area contributed by atoms with Gasteiger partial charge >= 0.3 is 11.5 Å². The van der Waals surface area contributed by atoms with Gasteiger partial charge in [0.2, 0.25) is 0 Å². The van der Waals surface area contributed by atoms with E-state index in [0.717, 1.165) is 0 Å². The smallest absolute Gasteiger partial charge is 0.446 e. The molecule has 0 aliphatic rings. The van der Waals surface area contributed by atoms with Crippen LogP contribution in [0.25, 0.3) is 0 Å². The molecule has 0 bridgehead atoms. The zero-order valence-corrected chi connectivity index (χ0v) is 12.4. The predicted molar refractivity (Wildman–Crippen MR) is 72.8 cm³/mol. The van der Waals surface area contributed by atoms with Gasteiger partial charge in [0.15, 0.2) is 0 Å². The minimum atomic E-state index is -4.49. The molecular formula is C14H14F3NO2S. The monoisotopic (exact) mass is 317 g/mol. The molecule has 0 N–H and O–H groups in total. The van der Waals surface area contributed by atoms with Gasteiger partial charge < -0.3 is 4.74 Å². The Morgan fingerprint density at radius 3 is 2.52 bits per heavy atom. The molecule has 114 valence electrons. The molecule has 1 aromatic carbocycles. The van der Waals surface area contributed by atoms with Crippen molar-refractivity contribution in [1.82, 2.24) is 0 Å². The van der Waals surface area contributed by atoms with Crippen molar-refractivity contribution in [2.45, 2.75) is 37.1 Å². The minimum Gasteiger partial charge on any atom is -0.466 e.